The van der Waals surface area contributed by atoms with E-state index in [0.717, 1.165) is 25.0 Å². The summed E-state index contributed by atoms with van der Waals surface area (Å²) in [4.78, 5) is 0. The van der Waals surface area contributed by atoms with Gasteiger partial charge in [0, 0.05) is 6.61 Å². The highest BCUT2D eigenvalue weighted by atomic mass is 19.1. The van der Waals surface area contributed by atoms with Crippen molar-refractivity contribution in [2.45, 2.75) is 18.9 Å². The van der Waals surface area contributed by atoms with Gasteiger partial charge in [0.05, 0.1) is 6.10 Å². The van der Waals surface area contributed by atoms with Gasteiger partial charge in [-0.3, -0.25) is 0 Å². The van der Waals surface area contributed by atoms with E-state index in [4.69, 9.17) is 4.74 Å². The minimum Gasteiger partial charge on any atom is -0.374 e. The van der Waals surface area contributed by atoms with Crippen LogP contribution in [0.2, 0.25) is 0 Å². The van der Waals surface area contributed by atoms with Gasteiger partial charge in [-0.25, -0.2) is 4.39 Å². The molecule has 0 saturated carbocycles. The van der Waals surface area contributed by atoms with Crippen molar-refractivity contribution in [3.8, 4) is 0 Å². The molecule has 0 spiro atoms. The molecule has 2 heteroatoms. The number of halogens is 1. The molecule has 0 aliphatic carbocycles. The Morgan fingerprint density at radius 3 is 2.58 bits per heavy atom. The van der Waals surface area contributed by atoms with Gasteiger partial charge in [-0.05, 0) is 30.5 Å². The van der Waals surface area contributed by atoms with Crippen molar-refractivity contribution < 1.29 is 9.13 Å². The minimum atomic E-state index is -0.184. The van der Waals surface area contributed by atoms with Crippen LogP contribution in [0.3, 0.4) is 0 Å². The third kappa shape index (κ3) is 1.48. The van der Waals surface area contributed by atoms with E-state index in [9.17, 15) is 4.39 Å². The molecule has 0 amide bonds. The second-order valence-corrected chi connectivity index (χ2v) is 3.05. The summed E-state index contributed by atoms with van der Waals surface area (Å²) in [5, 5.41) is 0. The normalized spacial score (nSPS) is 22.9. The van der Waals surface area contributed by atoms with Gasteiger partial charge < -0.3 is 4.74 Å². The zero-order valence-electron chi connectivity index (χ0n) is 6.79. The quantitative estimate of drug-likeness (QED) is 0.623. The topological polar surface area (TPSA) is 9.23 Å². The van der Waals surface area contributed by atoms with Gasteiger partial charge in [0.25, 0.3) is 0 Å². The van der Waals surface area contributed by atoms with Gasteiger partial charge in [0.1, 0.15) is 5.82 Å². The first-order chi connectivity index (χ1) is 5.86. The fraction of sp³-hybridized carbons (Fsp3) is 0.400. The number of hydrogen-bond donors (Lipinski definition) is 0. The molecule has 64 valence electrons. The van der Waals surface area contributed by atoms with E-state index in [2.05, 4.69) is 0 Å². The molecule has 1 nitrogen and oxygen atoms in total. The van der Waals surface area contributed by atoms with Crippen LogP contribution in [0, 0.1) is 5.82 Å². The van der Waals surface area contributed by atoms with E-state index in [1.807, 2.05) is 0 Å². The third-order valence-electron chi connectivity index (χ3n) is 2.17. The Morgan fingerprint density at radius 1 is 1.25 bits per heavy atom. The number of hydrogen-bond acceptors (Lipinski definition) is 1. The third-order valence-corrected chi connectivity index (χ3v) is 2.17. The van der Waals surface area contributed by atoms with Crippen LogP contribution < -0.4 is 0 Å². The molecule has 1 saturated heterocycles. The number of benzene rings is 1. The highest BCUT2D eigenvalue weighted by Crippen LogP contribution is 2.28. The van der Waals surface area contributed by atoms with Crippen LogP contribution in [0.15, 0.2) is 24.3 Å². The van der Waals surface area contributed by atoms with Crippen LogP contribution in [0.25, 0.3) is 0 Å². The summed E-state index contributed by atoms with van der Waals surface area (Å²) in [6, 6.07) is 6.56. The lowest BCUT2D eigenvalue weighted by Crippen LogP contribution is -1.94. The molecular formula is C10H11FO. The molecule has 1 heterocycles. The average molecular weight is 166 g/mol. The summed E-state index contributed by atoms with van der Waals surface area (Å²) in [6.07, 6.45) is 2.37. The fourth-order valence-corrected chi connectivity index (χ4v) is 1.52. The van der Waals surface area contributed by atoms with Gasteiger partial charge in [0.2, 0.25) is 0 Å². The lowest BCUT2D eigenvalue weighted by atomic mass is 10.1. The Balaban J connectivity index is 2.17. The van der Waals surface area contributed by atoms with Gasteiger partial charge in [-0.2, -0.15) is 0 Å². The number of ether oxygens (including phenoxy) is 1. The highest BCUT2D eigenvalue weighted by Gasteiger charge is 2.16. The van der Waals surface area contributed by atoms with Crippen molar-refractivity contribution in [1.29, 1.82) is 0 Å². The predicted octanol–water partition coefficient (Wildman–Crippen LogP) is 2.68. The zero-order valence-corrected chi connectivity index (χ0v) is 6.79. The first-order valence-electron chi connectivity index (χ1n) is 4.23. The van der Waals surface area contributed by atoms with E-state index in [1.54, 1.807) is 12.1 Å². The Hall–Kier alpha value is -0.890. The molecule has 1 aliphatic heterocycles. The molecule has 0 N–H and O–H groups in total. The van der Waals surface area contributed by atoms with Crippen LogP contribution in [0.4, 0.5) is 4.39 Å². The molecule has 0 bridgehead atoms. The van der Waals surface area contributed by atoms with Crippen molar-refractivity contribution in [2.24, 2.45) is 0 Å². The lowest BCUT2D eigenvalue weighted by Gasteiger charge is -2.08. The van der Waals surface area contributed by atoms with Gasteiger partial charge in [-0.15, -0.1) is 0 Å². The van der Waals surface area contributed by atoms with E-state index >= 15 is 0 Å². The Kier molecular flexibility index (Phi) is 2.09. The van der Waals surface area contributed by atoms with E-state index in [1.165, 1.54) is 12.1 Å². The van der Waals surface area contributed by atoms with Crippen molar-refractivity contribution in [1.82, 2.24) is 0 Å². The van der Waals surface area contributed by atoms with Crippen LogP contribution in [-0.2, 0) is 4.74 Å². The smallest absolute Gasteiger partial charge is 0.123 e. The van der Waals surface area contributed by atoms with Gasteiger partial charge in [-0.1, -0.05) is 12.1 Å². The molecule has 12 heavy (non-hydrogen) atoms. The fourth-order valence-electron chi connectivity index (χ4n) is 1.52. The standard InChI is InChI=1S/C10H11FO/c11-9-5-3-8(4-6-9)10-2-1-7-12-10/h3-6,10H,1-2,7H2/t10-/m0/s1. The Labute approximate surface area is 71.2 Å². The zero-order chi connectivity index (χ0) is 8.39. The molecule has 0 unspecified atom stereocenters. The van der Waals surface area contributed by atoms with Crippen molar-refractivity contribution >= 4 is 0 Å². The molecular weight excluding hydrogens is 155 g/mol. The maximum Gasteiger partial charge on any atom is 0.123 e. The van der Waals surface area contributed by atoms with E-state index < -0.39 is 0 Å². The van der Waals surface area contributed by atoms with E-state index in [-0.39, 0.29) is 11.9 Å². The van der Waals surface area contributed by atoms with Crippen molar-refractivity contribution in [2.75, 3.05) is 6.61 Å². The van der Waals surface area contributed by atoms with Crippen LogP contribution in [-0.4, -0.2) is 6.61 Å². The first kappa shape index (κ1) is 7.74. The second kappa shape index (κ2) is 3.23. The average Bonchev–Trinajstić information content (AvgIpc) is 2.58. The molecule has 1 atom stereocenters. The molecule has 1 aromatic rings. The maximum absolute atomic E-state index is 12.5. The SMILES string of the molecule is Fc1ccc([C@@H]2CCCO2)cc1. The molecule has 0 aromatic heterocycles. The largest absolute Gasteiger partial charge is 0.374 e. The molecule has 1 fully saturated rings. The maximum atomic E-state index is 12.5. The summed E-state index contributed by atoms with van der Waals surface area (Å²) >= 11 is 0. The van der Waals surface area contributed by atoms with Crippen molar-refractivity contribution in [3.05, 3.63) is 35.6 Å². The molecule has 2 rings (SSSR count). The summed E-state index contributed by atoms with van der Waals surface area (Å²) < 4.78 is 18.0. The first-order valence-corrected chi connectivity index (χ1v) is 4.23. The minimum absolute atomic E-state index is 0.184. The van der Waals surface area contributed by atoms with Crippen LogP contribution in [0.5, 0.6) is 0 Å². The summed E-state index contributed by atoms with van der Waals surface area (Å²) in [5.74, 6) is -0.184. The second-order valence-electron chi connectivity index (χ2n) is 3.05. The van der Waals surface area contributed by atoms with Crippen molar-refractivity contribution in [3.63, 3.8) is 0 Å². The van der Waals surface area contributed by atoms with Crippen LogP contribution in [0.1, 0.15) is 24.5 Å². The summed E-state index contributed by atoms with van der Waals surface area (Å²) in [5.41, 5.74) is 1.09. The highest BCUT2D eigenvalue weighted by molar-refractivity contribution is 5.19. The number of rotatable bonds is 1. The van der Waals surface area contributed by atoms with Gasteiger partial charge in [0.15, 0.2) is 0 Å². The predicted molar refractivity (Wildman–Crippen MR) is 44.3 cm³/mol. The van der Waals surface area contributed by atoms with E-state index in [0.29, 0.717) is 0 Å². The summed E-state index contributed by atoms with van der Waals surface area (Å²) in [6.45, 7) is 0.835. The van der Waals surface area contributed by atoms with Crippen LogP contribution >= 0.6 is 0 Å². The molecule has 0 radical (unpaired) electrons. The Bertz CT molecular complexity index is 249. The molecule has 1 aromatic carbocycles. The lowest BCUT2D eigenvalue weighted by molar-refractivity contribution is 0.112. The monoisotopic (exact) mass is 166 g/mol. The van der Waals surface area contributed by atoms with Gasteiger partial charge >= 0.3 is 0 Å². The molecule has 1 aliphatic rings. The Morgan fingerprint density at radius 2 is 2.00 bits per heavy atom. The summed E-state index contributed by atoms with van der Waals surface area (Å²) in [7, 11) is 0.